The fourth-order valence-electron chi connectivity index (χ4n) is 2.75. The standard InChI is InChI=1S/C20H20BrNO4/c21-18-6-5-17(10-16(18)13-25-20-3-1-2-8-24-20)26-19-7-4-14(11-22)9-15(19)12-23/h4-7,9-10,20,23H,1-3,8,12-13H2. The molecule has 1 heterocycles. The lowest BCUT2D eigenvalue weighted by Gasteiger charge is -2.23. The SMILES string of the molecule is N#Cc1ccc(Oc2ccc(Br)c(COC3CCCCO3)c2)c(CO)c1. The van der Waals surface area contributed by atoms with E-state index < -0.39 is 0 Å². The van der Waals surface area contributed by atoms with Crippen LogP contribution in [-0.2, 0) is 22.7 Å². The van der Waals surface area contributed by atoms with Gasteiger partial charge >= 0.3 is 0 Å². The van der Waals surface area contributed by atoms with E-state index in [2.05, 4.69) is 22.0 Å². The van der Waals surface area contributed by atoms with Crippen molar-refractivity contribution in [3.05, 3.63) is 57.6 Å². The van der Waals surface area contributed by atoms with E-state index in [0.717, 1.165) is 35.9 Å². The summed E-state index contributed by atoms with van der Waals surface area (Å²) in [7, 11) is 0. The molecule has 1 aliphatic rings. The van der Waals surface area contributed by atoms with E-state index in [1.54, 1.807) is 18.2 Å². The summed E-state index contributed by atoms with van der Waals surface area (Å²) in [6, 6.07) is 12.7. The van der Waals surface area contributed by atoms with E-state index >= 15 is 0 Å². The Balaban J connectivity index is 1.72. The van der Waals surface area contributed by atoms with E-state index in [9.17, 15) is 5.11 Å². The van der Waals surface area contributed by atoms with Crippen LogP contribution in [-0.4, -0.2) is 18.0 Å². The molecule has 1 N–H and O–H groups in total. The van der Waals surface area contributed by atoms with Gasteiger partial charge in [0, 0.05) is 16.6 Å². The first-order chi connectivity index (χ1) is 12.7. The van der Waals surface area contributed by atoms with Crippen LogP contribution < -0.4 is 4.74 Å². The normalized spacial score (nSPS) is 16.9. The highest BCUT2D eigenvalue weighted by molar-refractivity contribution is 9.10. The number of aliphatic hydroxyl groups excluding tert-OH is 1. The van der Waals surface area contributed by atoms with Crippen molar-refractivity contribution in [3.63, 3.8) is 0 Å². The number of halogens is 1. The second-order valence-electron chi connectivity index (χ2n) is 6.05. The first-order valence-electron chi connectivity index (χ1n) is 8.53. The third kappa shape index (κ3) is 4.83. The molecule has 26 heavy (non-hydrogen) atoms. The van der Waals surface area contributed by atoms with Crippen molar-refractivity contribution in [3.8, 4) is 17.6 Å². The van der Waals surface area contributed by atoms with E-state index in [4.69, 9.17) is 19.5 Å². The maximum Gasteiger partial charge on any atom is 0.158 e. The second kappa shape index (κ2) is 9.15. The van der Waals surface area contributed by atoms with Crippen LogP contribution in [0, 0.1) is 11.3 Å². The fraction of sp³-hybridized carbons (Fsp3) is 0.350. The molecular formula is C20H20BrNO4. The molecule has 1 saturated heterocycles. The van der Waals surface area contributed by atoms with Crippen molar-refractivity contribution in [2.24, 2.45) is 0 Å². The second-order valence-corrected chi connectivity index (χ2v) is 6.91. The van der Waals surface area contributed by atoms with Gasteiger partial charge in [0.15, 0.2) is 6.29 Å². The Hall–Kier alpha value is -1.91. The Morgan fingerprint density at radius 1 is 1.19 bits per heavy atom. The lowest BCUT2D eigenvalue weighted by molar-refractivity contribution is -0.169. The highest BCUT2D eigenvalue weighted by Gasteiger charge is 2.15. The molecular weight excluding hydrogens is 398 g/mol. The van der Waals surface area contributed by atoms with Crippen LogP contribution in [0.5, 0.6) is 11.5 Å². The molecule has 0 aliphatic carbocycles. The Labute approximate surface area is 161 Å². The van der Waals surface area contributed by atoms with Crippen LogP contribution in [0.15, 0.2) is 40.9 Å². The van der Waals surface area contributed by atoms with Gasteiger partial charge in [-0.3, -0.25) is 0 Å². The molecule has 0 aromatic heterocycles. The molecule has 3 rings (SSSR count). The van der Waals surface area contributed by atoms with Crippen molar-refractivity contribution in [2.75, 3.05) is 6.61 Å². The van der Waals surface area contributed by atoms with Crippen molar-refractivity contribution in [1.82, 2.24) is 0 Å². The Bertz CT molecular complexity index is 797. The van der Waals surface area contributed by atoms with Crippen molar-refractivity contribution < 1.29 is 19.3 Å². The third-order valence-corrected chi connectivity index (χ3v) is 4.94. The largest absolute Gasteiger partial charge is 0.457 e. The van der Waals surface area contributed by atoms with Gasteiger partial charge in [-0.2, -0.15) is 5.26 Å². The van der Waals surface area contributed by atoms with E-state index in [1.165, 1.54) is 0 Å². The van der Waals surface area contributed by atoms with Gasteiger partial charge < -0.3 is 19.3 Å². The molecule has 136 valence electrons. The lowest BCUT2D eigenvalue weighted by atomic mass is 10.1. The lowest BCUT2D eigenvalue weighted by Crippen LogP contribution is -2.22. The van der Waals surface area contributed by atoms with E-state index in [0.29, 0.717) is 29.2 Å². The highest BCUT2D eigenvalue weighted by Crippen LogP contribution is 2.30. The Morgan fingerprint density at radius 3 is 2.81 bits per heavy atom. The van der Waals surface area contributed by atoms with Gasteiger partial charge in [-0.05, 0) is 61.2 Å². The summed E-state index contributed by atoms with van der Waals surface area (Å²) in [4.78, 5) is 0. The molecule has 6 heteroatoms. The van der Waals surface area contributed by atoms with Gasteiger partial charge in [0.2, 0.25) is 0 Å². The smallest absolute Gasteiger partial charge is 0.158 e. The molecule has 0 bridgehead atoms. The number of nitrogens with zero attached hydrogens (tertiary/aromatic N) is 1. The summed E-state index contributed by atoms with van der Waals surface area (Å²) in [6.07, 6.45) is 2.97. The maximum atomic E-state index is 9.51. The quantitative estimate of drug-likeness (QED) is 0.740. The van der Waals surface area contributed by atoms with Crippen LogP contribution in [0.4, 0.5) is 0 Å². The number of benzene rings is 2. The fourth-order valence-corrected chi connectivity index (χ4v) is 3.11. The Morgan fingerprint density at radius 2 is 2.08 bits per heavy atom. The zero-order chi connectivity index (χ0) is 18.4. The van der Waals surface area contributed by atoms with E-state index in [-0.39, 0.29) is 12.9 Å². The summed E-state index contributed by atoms with van der Waals surface area (Å²) in [5.41, 5.74) is 2.01. The molecule has 2 aromatic carbocycles. The zero-order valence-electron chi connectivity index (χ0n) is 14.3. The summed E-state index contributed by atoms with van der Waals surface area (Å²) in [6.45, 7) is 0.969. The molecule has 1 aliphatic heterocycles. The number of rotatable bonds is 6. The number of nitriles is 1. The van der Waals surface area contributed by atoms with Crippen molar-refractivity contribution in [1.29, 1.82) is 5.26 Å². The molecule has 2 aromatic rings. The average molecular weight is 418 g/mol. The molecule has 5 nitrogen and oxygen atoms in total. The van der Waals surface area contributed by atoms with Gasteiger partial charge in [0.05, 0.1) is 24.8 Å². The van der Waals surface area contributed by atoms with Crippen molar-refractivity contribution in [2.45, 2.75) is 38.8 Å². The predicted molar refractivity (Wildman–Crippen MR) is 99.7 cm³/mol. The summed E-state index contributed by atoms with van der Waals surface area (Å²) in [5.74, 6) is 1.16. The van der Waals surface area contributed by atoms with Crippen molar-refractivity contribution >= 4 is 15.9 Å². The maximum absolute atomic E-state index is 9.51. The summed E-state index contributed by atoms with van der Waals surface area (Å²) < 4.78 is 18.3. The molecule has 1 unspecified atom stereocenters. The van der Waals surface area contributed by atoms with E-state index in [1.807, 2.05) is 18.2 Å². The number of hydrogen-bond acceptors (Lipinski definition) is 5. The first-order valence-corrected chi connectivity index (χ1v) is 9.32. The van der Waals surface area contributed by atoms with Crippen LogP contribution in [0.2, 0.25) is 0 Å². The zero-order valence-corrected chi connectivity index (χ0v) is 15.9. The van der Waals surface area contributed by atoms with Gasteiger partial charge in [-0.15, -0.1) is 0 Å². The molecule has 0 amide bonds. The summed E-state index contributed by atoms with van der Waals surface area (Å²) in [5, 5.41) is 18.5. The molecule has 0 spiro atoms. The van der Waals surface area contributed by atoms with Gasteiger partial charge in [0.1, 0.15) is 11.5 Å². The minimum absolute atomic E-state index is 0.153. The highest BCUT2D eigenvalue weighted by atomic mass is 79.9. The molecule has 0 radical (unpaired) electrons. The van der Waals surface area contributed by atoms with Gasteiger partial charge in [0.25, 0.3) is 0 Å². The Kier molecular flexibility index (Phi) is 6.64. The average Bonchev–Trinajstić information content (AvgIpc) is 2.69. The summed E-state index contributed by atoms with van der Waals surface area (Å²) >= 11 is 3.54. The van der Waals surface area contributed by atoms with Gasteiger partial charge in [-0.25, -0.2) is 0 Å². The first kappa shape index (κ1) is 18.9. The predicted octanol–water partition coefficient (Wildman–Crippen LogP) is 4.65. The third-order valence-electron chi connectivity index (χ3n) is 4.17. The van der Waals surface area contributed by atoms with Crippen LogP contribution in [0.25, 0.3) is 0 Å². The topological polar surface area (TPSA) is 71.7 Å². The number of aliphatic hydroxyl groups is 1. The van der Waals surface area contributed by atoms with Gasteiger partial charge in [-0.1, -0.05) is 15.9 Å². The monoisotopic (exact) mass is 417 g/mol. The van der Waals surface area contributed by atoms with Crippen LogP contribution in [0.3, 0.4) is 0 Å². The number of hydrogen-bond donors (Lipinski definition) is 1. The minimum Gasteiger partial charge on any atom is -0.457 e. The van der Waals surface area contributed by atoms with Crippen LogP contribution in [0.1, 0.15) is 36.0 Å². The number of ether oxygens (including phenoxy) is 3. The molecule has 1 fully saturated rings. The molecule has 0 saturated carbocycles. The van der Waals surface area contributed by atoms with Crippen LogP contribution >= 0.6 is 15.9 Å². The minimum atomic E-state index is -0.198. The molecule has 1 atom stereocenters.